The first-order chi connectivity index (χ1) is 13.8. The van der Waals surface area contributed by atoms with Crippen LogP contribution in [0.2, 0.25) is 0 Å². The number of nitrogens with zero attached hydrogens (tertiary/aromatic N) is 1. The summed E-state index contributed by atoms with van der Waals surface area (Å²) in [6.07, 6.45) is -5.95. The number of anilines is 2. The molecule has 29 heavy (non-hydrogen) atoms. The van der Waals surface area contributed by atoms with E-state index >= 15 is 0 Å². The van der Waals surface area contributed by atoms with E-state index in [1.165, 1.54) is 12.1 Å². The number of carbonyl (C=O) groups is 2. The standard InChI is InChI=1S/C20H20F3N3O3/c21-20(22,23)13-29-18(14-4-2-1-3-5-14)19(28)25-15-6-8-16(9-7-15)26-11-10-24-17(27)12-26/h1-9,18H,10-13H2,(H,24,27)(H,25,28)/t18-/m1/s1. The van der Waals surface area contributed by atoms with Gasteiger partial charge in [-0.2, -0.15) is 13.2 Å². The van der Waals surface area contributed by atoms with Crippen molar-refractivity contribution in [1.82, 2.24) is 5.32 Å². The lowest BCUT2D eigenvalue weighted by atomic mass is 10.1. The third kappa shape index (κ3) is 5.95. The molecule has 6 nitrogen and oxygen atoms in total. The molecule has 0 aromatic heterocycles. The quantitative estimate of drug-likeness (QED) is 0.773. The van der Waals surface area contributed by atoms with Gasteiger partial charge in [-0.1, -0.05) is 30.3 Å². The second kappa shape index (κ2) is 8.95. The van der Waals surface area contributed by atoms with Crippen LogP contribution in [-0.2, 0) is 14.3 Å². The van der Waals surface area contributed by atoms with Gasteiger partial charge >= 0.3 is 6.18 Å². The smallest absolute Gasteiger partial charge is 0.360 e. The number of carbonyl (C=O) groups excluding carboxylic acids is 2. The fourth-order valence-electron chi connectivity index (χ4n) is 2.95. The summed E-state index contributed by atoms with van der Waals surface area (Å²) in [4.78, 5) is 26.0. The normalized spacial score (nSPS) is 15.6. The molecular formula is C20H20F3N3O3. The minimum atomic E-state index is -4.55. The Morgan fingerprint density at radius 2 is 1.83 bits per heavy atom. The number of rotatable bonds is 6. The highest BCUT2D eigenvalue weighted by molar-refractivity contribution is 5.95. The predicted molar refractivity (Wildman–Crippen MR) is 101 cm³/mol. The van der Waals surface area contributed by atoms with Crippen LogP contribution in [0.5, 0.6) is 0 Å². The van der Waals surface area contributed by atoms with Crippen molar-refractivity contribution in [2.24, 2.45) is 0 Å². The van der Waals surface area contributed by atoms with E-state index in [4.69, 9.17) is 4.74 Å². The topological polar surface area (TPSA) is 70.7 Å². The van der Waals surface area contributed by atoms with E-state index < -0.39 is 24.8 Å². The molecule has 2 amide bonds. The number of halogens is 3. The Hall–Kier alpha value is -3.07. The van der Waals surface area contributed by atoms with Crippen molar-refractivity contribution in [1.29, 1.82) is 0 Å². The first-order valence-corrected chi connectivity index (χ1v) is 8.98. The van der Waals surface area contributed by atoms with Crippen LogP contribution < -0.4 is 15.5 Å². The average molecular weight is 407 g/mol. The monoisotopic (exact) mass is 407 g/mol. The van der Waals surface area contributed by atoms with Crippen molar-refractivity contribution in [2.75, 3.05) is 36.5 Å². The molecule has 0 saturated carbocycles. The number of nitrogens with one attached hydrogen (secondary N) is 2. The highest BCUT2D eigenvalue weighted by Crippen LogP contribution is 2.25. The van der Waals surface area contributed by atoms with Crippen LogP contribution in [0.4, 0.5) is 24.5 Å². The van der Waals surface area contributed by atoms with E-state index in [2.05, 4.69) is 10.6 Å². The van der Waals surface area contributed by atoms with Crippen molar-refractivity contribution < 1.29 is 27.5 Å². The summed E-state index contributed by atoms with van der Waals surface area (Å²) < 4.78 is 42.6. The molecule has 9 heteroatoms. The Morgan fingerprint density at radius 1 is 1.14 bits per heavy atom. The summed E-state index contributed by atoms with van der Waals surface area (Å²) in [5.74, 6) is -0.772. The predicted octanol–water partition coefficient (Wildman–Crippen LogP) is 2.88. The van der Waals surface area contributed by atoms with Gasteiger partial charge in [0.1, 0.15) is 6.61 Å². The maximum Gasteiger partial charge on any atom is 0.411 e. The highest BCUT2D eigenvalue weighted by atomic mass is 19.4. The maximum absolute atomic E-state index is 12.6. The molecule has 1 saturated heterocycles. The fourth-order valence-corrected chi connectivity index (χ4v) is 2.95. The fraction of sp³-hybridized carbons (Fsp3) is 0.300. The number of piperazine rings is 1. The molecule has 2 N–H and O–H groups in total. The molecule has 0 bridgehead atoms. The second-order valence-corrected chi connectivity index (χ2v) is 6.52. The van der Waals surface area contributed by atoms with Gasteiger partial charge in [0.25, 0.3) is 5.91 Å². The van der Waals surface area contributed by atoms with Crippen LogP contribution in [0.15, 0.2) is 54.6 Å². The van der Waals surface area contributed by atoms with E-state index in [-0.39, 0.29) is 12.5 Å². The van der Waals surface area contributed by atoms with Gasteiger partial charge in [-0.15, -0.1) is 0 Å². The lowest BCUT2D eigenvalue weighted by molar-refractivity contribution is -0.187. The molecule has 1 aliphatic rings. The van der Waals surface area contributed by atoms with Crippen LogP contribution in [-0.4, -0.2) is 44.2 Å². The Bertz CT molecular complexity index is 842. The first-order valence-electron chi connectivity index (χ1n) is 8.98. The minimum Gasteiger partial charge on any atom is -0.360 e. The molecule has 2 aromatic carbocycles. The van der Waals surface area contributed by atoms with Crippen LogP contribution in [0.3, 0.4) is 0 Å². The zero-order valence-corrected chi connectivity index (χ0v) is 15.4. The lowest BCUT2D eigenvalue weighted by Gasteiger charge is -2.28. The Labute approximate surface area is 165 Å². The summed E-state index contributed by atoms with van der Waals surface area (Å²) >= 11 is 0. The molecule has 0 aliphatic carbocycles. The molecule has 1 heterocycles. The maximum atomic E-state index is 12.6. The molecule has 1 atom stereocenters. The van der Waals surface area contributed by atoms with Crippen LogP contribution in [0.25, 0.3) is 0 Å². The third-order valence-electron chi connectivity index (χ3n) is 4.29. The van der Waals surface area contributed by atoms with Crippen molar-refractivity contribution in [3.8, 4) is 0 Å². The number of hydrogen-bond acceptors (Lipinski definition) is 4. The Balaban J connectivity index is 1.69. The van der Waals surface area contributed by atoms with Crippen molar-refractivity contribution in [3.63, 3.8) is 0 Å². The zero-order chi connectivity index (χ0) is 20.9. The van der Waals surface area contributed by atoms with Crippen LogP contribution in [0, 0.1) is 0 Å². The van der Waals surface area contributed by atoms with E-state index in [0.717, 1.165) is 5.69 Å². The number of ether oxygens (including phenoxy) is 1. The van der Waals surface area contributed by atoms with Gasteiger partial charge in [-0.3, -0.25) is 9.59 Å². The molecule has 2 aromatic rings. The summed E-state index contributed by atoms with van der Waals surface area (Å²) in [6, 6.07) is 14.7. The SMILES string of the molecule is O=C1CN(c2ccc(NC(=O)[C@H](OCC(F)(F)F)c3ccccc3)cc2)CCN1. The summed E-state index contributed by atoms with van der Waals surface area (Å²) in [6.45, 7) is -0.0750. The minimum absolute atomic E-state index is 0.0684. The van der Waals surface area contributed by atoms with Gasteiger partial charge in [-0.25, -0.2) is 0 Å². The average Bonchev–Trinajstić information content (AvgIpc) is 2.69. The summed E-state index contributed by atoms with van der Waals surface area (Å²) in [5.41, 5.74) is 1.55. The summed E-state index contributed by atoms with van der Waals surface area (Å²) in [5, 5.41) is 5.32. The van der Waals surface area contributed by atoms with Crippen molar-refractivity contribution in [2.45, 2.75) is 12.3 Å². The Kier molecular flexibility index (Phi) is 6.38. The lowest BCUT2D eigenvalue weighted by Crippen LogP contribution is -2.47. The molecule has 1 aliphatic heterocycles. The van der Waals surface area contributed by atoms with Crippen LogP contribution >= 0.6 is 0 Å². The number of alkyl halides is 3. The molecule has 0 unspecified atom stereocenters. The number of amides is 2. The van der Waals surface area contributed by atoms with Gasteiger partial charge in [0.15, 0.2) is 6.10 Å². The molecular weight excluding hydrogens is 387 g/mol. The second-order valence-electron chi connectivity index (χ2n) is 6.52. The highest BCUT2D eigenvalue weighted by Gasteiger charge is 2.32. The van der Waals surface area contributed by atoms with E-state index in [1.807, 2.05) is 4.90 Å². The molecule has 154 valence electrons. The van der Waals surface area contributed by atoms with Gasteiger partial charge in [0, 0.05) is 24.5 Å². The molecule has 0 spiro atoms. The Morgan fingerprint density at radius 3 is 2.45 bits per heavy atom. The van der Waals surface area contributed by atoms with Gasteiger partial charge < -0.3 is 20.3 Å². The molecule has 3 rings (SSSR count). The van der Waals surface area contributed by atoms with Crippen molar-refractivity contribution in [3.05, 3.63) is 60.2 Å². The van der Waals surface area contributed by atoms with Gasteiger partial charge in [0.2, 0.25) is 5.91 Å². The first kappa shape index (κ1) is 20.7. The third-order valence-corrected chi connectivity index (χ3v) is 4.29. The van der Waals surface area contributed by atoms with E-state index in [1.54, 1.807) is 42.5 Å². The van der Waals surface area contributed by atoms with E-state index in [9.17, 15) is 22.8 Å². The van der Waals surface area contributed by atoms with Crippen molar-refractivity contribution >= 4 is 23.2 Å². The summed E-state index contributed by atoms with van der Waals surface area (Å²) in [7, 11) is 0. The van der Waals surface area contributed by atoms with Crippen LogP contribution in [0.1, 0.15) is 11.7 Å². The number of hydrogen-bond donors (Lipinski definition) is 2. The molecule has 0 radical (unpaired) electrons. The van der Waals surface area contributed by atoms with Gasteiger partial charge in [-0.05, 0) is 29.8 Å². The van der Waals surface area contributed by atoms with E-state index in [0.29, 0.717) is 24.3 Å². The van der Waals surface area contributed by atoms with Gasteiger partial charge in [0.05, 0.1) is 6.54 Å². The zero-order valence-electron chi connectivity index (χ0n) is 15.4. The molecule has 1 fully saturated rings. The number of benzene rings is 2. The largest absolute Gasteiger partial charge is 0.411 e.